The van der Waals surface area contributed by atoms with Gasteiger partial charge in [-0.05, 0) is 38.0 Å². The highest BCUT2D eigenvalue weighted by atomic mass is 15.3. The molecule has 0 amide bonds. The molecule has 1 unspecified atom stereocenters. The molecule has 1 atom stereocenters. The van der Waals surface area contributed by atoms with Crippen molar-refractivity contribution in [3.05, 3.63) is 0 Å². The fourth-order valence-electron chi connectivity index (χ4n) is 2.44. The molecule has 1 heterocycles. The molecular formula is C14H29N. The van der Waals surface area contributed by atoms with Crippen LogP contribution in [-0.2, 0) is 0 Å². The van der Waals surface area contributed by atoms with Gasteiger partial charge in [-0.25, -0.2) is 0 Å². The molecule has 0 aromatic rings. The zero-order chi connectivity index (χ0) is 12.1. The molecule has 15 heavy (non-hydrogen) atoms. The Morgan fingerprint density at radius 3 is 1.53 bits per heavy atom. The molecule has 0 radical (unpaired) electrons. The van der Waals surface area contributed by atoms with Gasteiger partial charge >= 0.3 is 0 Å². The van der Waals surface area contributed by atoms with E-state index in [9.17, 15) is 0 Å². The van der Waals surface area contributed by atoms with Gasteiger partial charge in [0.25, 0.3) is 0 Å². The normalized spacial score (nSPS) is 25.2. The molecule has 0 aliphatic carbocycles. The summed E-state index contributed by atoms with van der Waals surface area (Å²) in [6.45, 7) is 20.2. The summed E-state index contributed by atoms with van der Waals surface area (Å²) in [5.41, 5.74) is 1.09. The second-order valence-corrected chi connectivity index (χ2v) is 7.64. The van der Waals surface area contributed by atoms with Gasteiger partial charge < -0.3 is 0 Å². The van der Waals surface area contributed by atoms with Crippen molar-refractivity contribution in [3.8, 4) is 0 Å². The molecule has 90 valence electrons. The van der Waals surface area contributed by atoms with Crippen LogP contribution in [0.15, 0.2) is 0 Å². The van der Waals surface area contributed by atoms with Gasteiger partial charge in [0.15, 0.2) is 0 Å². The summed E-state index contributed by atoms with van der Waals surface area (Å²) in [4.78, 5) is 2.66. The van der Waals surface area contributed by atoms with Crippen LogP contribution in [0.2, 0.25) is 0 Å². The number of hydrogen-bond acceptors (Lipinski definition) is 1. The van der Waals surface area contributed by atoms with Crippen LogP contribution in [-0.4, -0.2) is 23.0 Å². The van der Waals surface area contributed by atoms with Gasteiger partial charge in [0.1, 0.15) is 0 Å². The second kappa shape index (κ2) is 3.48. The van der Waals surface area contributed by atoms with Crippen LogP contribution in [0.4, 0.5) is 0 Å². The van der Waals surface area contributed by atoms with Crippen molar-refractivity contribution < 1.29 is 0 Å². The predicted octanol–water partition coefficient (Wildman–Crippen LogP) is 3.93. The highest BCUT2D eigenvalue weighted by molar-refractivity contribution is 5.02. The average Bonchev–Trinajstić information content (AvgIpc) is 1.74. The monoisotopic (exact) mass is 211 g/mol. The molecular weight excluding hydrogens is 182 g/mol. The first-order valence-electron chi connectivity index (χ1n) is 6.24. The summed E-state index contributed by atoms with van der Waals surface area (Å²) in [5, 5.41) is 0. The van der Waals surface area contributed by atoms with Gasteiger partial charge in [-0.1, -0.05) is 34.6 Å². The minimum Gasteiger partial charge on any atom is -0.295 e. The van der Waals surface area contributed by atoms with Crippen molar-refractivity contribution in [3.63, 3.8) is 0 Å². The first-order valence-corrected chi connectivity index (χ1v) is 6.24. The lowest BCUT2D eigenvalue weighted by molar-refractivity contribution is -0.0980. The highest BCUT2D eigenvalue weighted by Gasteiger charge is 2.49. The van der Waals surface area contributed by atoms with Crippen LogP contribution in [0.5, 0.6) is 0 Å². The molecule has 0 aromatic carbocycles. The zero-order valence-electron chi connectivity index (χ0n) is 11.9. The Morgan fingerprint density at radius 1 is 0.867 bits per heavy atom. The van der Waals surface area contributed by atoms with E-state index in [1.54, 1.807) is 0 Å². The molecule has 1 aliphatic rings. The largest absolute Gasteiger partial charge is 0.295 e. The molecule has 0 saturated carbocycles. The number of likely N-dealkylation sites (tertiary alicyclic amines) is 1. The lowest BCUT2D eigenvalue weighted by atomic mass is 9.61. The van der Waals surface area contributed by atoms with E-state index in [2.05, 4.69) is 60.3 Å². The molecule has 1 rings (SSSR count). The molecule has 1 heteroatoms. The van der Waals surface area contributed by atoms with E-state index in [1.165, 1.54) is 13.0 Å². The summed E-state index contributed by atoms with van der Waals surface area (Å²) >= 11 is 0. The third-order valence-electron chi connectivity index (χ3n) is 4.65. The van der Waals surface area contributed by atoms with Crippen LogP contribution < -0.4 is 0 Å². The van der Waals surface area contributed by atoms with Crippen LogP contribution in [0, 0.1) is 10.8 Å². The first-order chi connectivity index (χ1) is 6.48. The highest BCUT2D eigenvalue weighted by Crippen LogP contribution is 2.48. The molecule has 0 aromatic heterocycles. The molecule has 1 fully saturated rings. The minimum absolute atomic E-state index is 0.325. The Bertz CT molecular complexity index is 227. The van der Waals surface area contributed by atoms with Gasteiger partial charge in [-0.3, -0.25) is 4.90 Å². The Balaban J connectivity index is 2.83. The maximum Gasteiger partial charge on any atom is 0.0169 e. The van der Waals surface area contributed by atoms with Crippen molar-refractivity contribution in [2.24, 2.45) is 10.8 Å². The number of rotatable bonds is 1. The van der Waals surface area contributed by atoms with E-state index in [1.807, 2.05) is 0 Å². The van der Waals surface area contributed by atoms with Gasteiger partial charge in [0.05, 0.1) is 0 Å². The molecule has 0 bridgehead atoms. The molecule has 1 saturated heterocycles. The third-order valence-corrected chi connectivity index (χ3v) is 4.65. The first kappa shape index (κ1) is 13.0. The molecule has 0 N–H and O–H groups in total. The lowest BCUT2D eigenvalue weighted by Gasteiger charge is -2.59. The molecule has 0 spiro atoms. The maximum absolute atomic E-state index is 2.66. The van der Waals surface area contributed by atoms with Crippen molar-refractivity contribution in [2.45, 2.75) is 73.4 Å². The fourth-order valence-corrected chi connectivity index (χ4v) is 2.44. The van der Waals surface area contributed by atoms with Gasteiger partial charge in [0, 0.05) is 18.1 Å². The number of nitrogens with zero attached hydrogens (tertiary/aromatic N) is 1. The van der Waals surface area contributed by atoms with Crippen LogP contribution in [0.1, 0.15) is 61.8 Å². The van der Waals surface area contributed by atoms with Gasteiger partial charge in [0.2, 0.25) is 0 Å². The maximum atomic E-state index is 2.66. The lowest BCUT2D eigenvalue weighted by Crippen LogP contribution is -2.64. The summed E-state index contributed by atoms with van der Waals surface area (Å²) < 4.78 is 0. The van der Waals surface area contributed by atoms with Crippen molar-refractivity contribution in [1.29, 1.82) is 0 Å². The molecule has 1 aliphatic heterocycles. The predicted molar refractivity (Wildman–Crippen MR) is 68.1 cm³/mol. The quantitative estimate of drug-likeness (QED) is 0.635. The Morgan fingerprint density at radius 2 is 1.33 bits per heavy atom. The van der Waals surface area contributed by atoms with Crippen LogP contribution >= 0.6 is 0 Å². The van der Waals surface area contributed by atoms with Crippen molar-refractivity contribution in [1.82, 2.24) is 4.90 Å². The SMILES string of the molecule is CC(C)(C)N1CCC1C(C)(C)C(C)(C)C. The minimum atomic E-state index is 0.325. The summed E-state index contributed by atoms with van der Waals surface area (Å²) in [7, 11) is 0. The van der Waals surface area contributed by atoms with E-state index in [0.29, 0.717) is 16.4 Å². The average molecular weight is 211 g/mol. The van der Waals surface area contributed by atoms with Crippen LogP contribution in [0.3, 0.4) is 0 Å². The van der Waals surface area contributed by atoms with E-state index < -0.39 is 0 Å². The third kappa shape index (κ3) is 2.22. The zero-order valence-corrected chi connectivity index (χ0v) is 11.9. The van der Waals surface area contributed by atoms with E-state index >= 15 is 0 Å². The second-order valence-electron chi connectivity index (χ2n) is 7.64. The number of hydrogen-bond donors (Lipinski definition) is 0. The topological polar surface area (TPSA) is 3.24 Å². The van der Waals surface area contributed by atoms with Gasteiger partial charge in [-0.15, -0.1) is 0 Å². The summed E-state index contributed by atoms with van der Waals surface area (Å²) in [6.07, 6.45) is 1.36. The van der Waals surface area contributed by atoms with E-state index in [-0.39, 0.29) is 0 Å². The Hall–Kier alpha value is -0.0400. The Labute approximate surface area is 96.2 Å². The summed E-state index contributed by atoms with van der Waals surface area (Å²) in [6, 6.07) is 0.748. The summed E-state index contributed by atoms with van der Waals surface area (Å²) in [5.74, 6) is 0. The van der Waals surface area contributed by atoms with Crippen molar-refractivity contribution >= 4 is 0 Å². The molecule has 1 nitrogen and oxygen atoms in total. The van der Waals surface area contributed by atoms with Crippen molar-refractivity contribution in [2.75, 3.05) is 6.54 Å². The standard InChI is InChI=1S/C14H29N/c1-12(2,3)14(7,8)11-9-10-15(11)13(4,5)6/h11H,9-10H2,1-8H3. The van der Waals surface area contributed by atoms with E-state index in [4.69, 9.17) is 0 Å². The van der Waals surface area contributed by atoms with E-state index in [0.717, 1.165) is 6.04 Å². The Kier molecular flexibility index (Phi) is 3.02. The van der Waals surface area contributed by atoms with Gasteiger partial charge in [-0.2, -0.15) is 0 Å². The smallest absolute Gasteiger partial charge is 0.0169 e. The fraction of sp³-hybridized carbons (Fsp3) is 1.00. The van der Waals surface area contributed by atoms with Crippen LogP contribution in [0.25, 0.3) is 0 Å².